The van der Waals surface area contributed by atoms with Gasteiger partial charge in [0.15, 0.2) is 0 Å². The van der Waals surface area contributed by atoms with Crippen LogP contribution >= 0.6 is 0 Å². The van der Waals surface area contributed by atoms with E-state index in [4.69, 9.17) is 5.11 Å². The van der Waals surface area contributed by atoms with E-state index < -0.39 is 11.9 Å². The van der Waals surface area contributed by atoms with E-state index in [9.17, 15) is 9.59 Å². The van der Waals surface area contributed by atoms with Crippen molar-refractivity contribution in [1.82, 2.24) is 4.90 Å². The lowest BCUT2D eigenvalue weighted by Crippen LogP contribution is -2.38. The Morgan fingerprint density at radius 1 is 1.35 bits per heavy atom. The van der Waals surface area contributed by atoms with Crippen molar-refractivity contribution >= 4 is 11.9 Å². The zero-order chi connectivity index (χ0) is 14.9. The maximum atomic E-state index is 12.7. The molecular weight excluding hydrogens is 254 g/mol. The highest BCUT2D eigenvalue weighted by Crippen LogP contribution is 2.29. The van der Waals surface area contributed by atoms with E-state index in [0.717, 1.165) is 24.0 Å². The summed E-state index contributed by atoms with van der Waals surface area (Å²) in [5.74, 6) is -1.43. The first kappa shape index (κ1) is 14.6. The Bertz CT molecular complexity index is 535. The Balaban J connectivity index is 2.23. The molecule has 0 saturated heterocycles. The van der Waals surface area contributed by atoms with Gasteiger partial charge in [-0.3, -0.25) is 9.59 Å². The van der Waals surface area contributed by atoms with Crippen LogP contribution in [0.5, 0.6) is 0 Å². The first-order chi connectivity index (χ1) is 9.40. The van der Waals surface area contributed by atoms with Crippen LogP contribution in [0.25, 0.3) is 0 Å². The molecule has 4 heteroatoms. The summed E-state index contributed by atoms with van der Waals surface area (Å²) >= 11 is 0. The van der Waals surface area contributed by atoms with Crippen molar-refractivity contribution in [2.24, 2.45) is 5.92 Å². The Kier molecular flexibility index (Phi) is 4.12. The second-order valence-electron chi connectivity index (χ2n) is 5.75. The van der Waals surface area contributed by atoms with Gasteiger partial charge in [-0.05, 0) is 38.3 Å². The van der Waals surface area contributed by atoms with Gasteiger partial charge in [0.25, 0.3) is 5.91 Å². The number of carbonyl (C=O) groups is 2. The molecule has 1 N–H and O–H groups in total. The summed E-state index contributed by atoms with van der Waals surface area (Å²) in [6.45, 7) is 5.80. The first-order valence-corrected chi connectivity index (χ1v) is 7.01. The third-order valence-electron chi connectivity index (χ3n) is 3.76. The maximum absolute atomic E-state index is 12.7. The van der Waals surface area contributed by atoms with Crippen LogP contribution in [0.15, 0.2) is 18.2 Å². The van der Waals surface area contributed by atoms with Crippen molar-refractivity contribution in [2.45, 2.75) is 39.7 Å². The number of nitrogens with zero attached hydrogens (tertiary/aromatic N) is 1. The van der Waals surface area contributed by atoms with Gasteiger partial charge in [-0.2, -0.15) is 0 Å². The van der Waals surface area contributed by atoms with Gasteiger partial charge in [-0.1, -0.05) is 24.6 Å². The van der Waals surface area contributed by atoms with Crippen LogP contribution in [0.1, 0.15) is 41.3 Å². The fourth-order valence-electron chi connectivity index (χ4n) is 2.28. The molecule has 1 aromatic carbocycles. The third kappa shape index (κ3) is 3.18. The van der Waals surface area contributed by atoms with Crippen molar-refractivity contribution in [3.8, 4) is 0 Å². The Labute approximate surface area is 119 Å². The van der Waals surface area contributed by atoms with Crippen LogP contribution in [0, 0.1) is 19.8 Å². The standard InChI is InChI=1S/C16H21NO3/c1-10-4-5-11(2)14(8-10)15(18)17(13-6-7-13)9-12(3)16(19)20/h4-5,8,12-13H,6-7,9H2,1-3H3,(H,19,20). The summed E-state index contributed by atoms with van der Waals surface area (Å²) in [6, 6.07) is 6.02. The molecule has 1 amide bonds. The summed E-state index contributed by atoms with van der Waals surface area (Å²) < 4.78 is 0. The van der Waals surface area contributed by atoms with Gasteiger partial charge >= 0.3 is 5.97 Å². The van der Waals surface area contributed by atoms with E-state index in [1.807, 2.05) is 32.0 Å². The molecule has 1 atom stereocenters. The van der Waals surface area contributed by atoms with E-state index in [0.29, 0.717) is 5.56 Å². The molecule has 0 aliphatic heterocycles. The van der Waals surface area contributed by atoms with Gasteiger partial charge in [0.05, 0.1) is 5.92 Å². The monoisotopic (exact) mass is 275 g/mol. The molecule has 1 aliphatic carbocycles. The normalized spacial score (nSPS) is 15.8. The number of aliphatic carboxylic acids is 1. The number of aryl methyl sites for hydroxylation is 2. The van der Waals surface area contributed by atoms with Gasteiger partial charge in [-0.25, -0.2) is 0 Å². The molecule has 1 fully saturated rings. The SMILES string of the molecule is Cc1ccc(C)c(C(=O)N(CC(C)C(=O)O)C2CC2)c1. The largest absolute Gasteiger partial charge is 0.481 e. The number of amides is 1. The molecule has 108 valence electrons. The van der Waals surface area contributed by atoms with Crippen LogP contribution in [0.4, 0.5) is 0 Å². The van der Waals surface area contributed by atoms with Crippen LogP contribution in [0.2, 0.25) is 0 Å². The summed E-state index contributed by atoms with van der Waals surface area (Å²) in [5, 5.41) is 9.05. The lowest BCUT2D eigenvalue weighted by molar-refractivity contribution is -0.141. The summed E-state index contributed by atoms with van der Waals surface area (Å²) in [7, 11) is 0. The highest BCUT2D eigenvalue weighted by atomic mass is 16.4. The second kappa shape index (κ2) is 5.65. The van der Waals surface area contributed by atoms with E-state index >= 15 is 0 Å². The first-order valence-electron chi connectivity index (χ1n) is 7.01. The fourth-order valence-corrected chi connectivity index (χ4v) is 2.28. The van der Waals surface area contributed by atoms with Gasteiger partial charge in [0.1, 0.15) is 0 Å². The zero-order valence-electron chi connectivity index (χ0n) is 12.2. The van der Waals surface area contributed by atoms with Crippen LogP contribution in [0.3, 0.4) is 0 Å². The van der Waals surface area contributed by atoms with E-state index in [-0.39, 0.29) is 18.5 Å². The van der Waals surface area contributed by atoms with Crippen molar-refractivity contribution in [1.29, 1.82) is 0 Å². The second-order valence-corrected chi connectivity index (χ2v) is 5.75. The third-order valence-corrected chi connectivity index (χ3v) is 3.76. The number of rotatable bonds is 5. The number of carboxylic acid groups (broad SMARTS) is 1. The summed E-state index contributed by atoms with van der Waals surface area (Å²) in [4.78, 5) is 25.4. The van der Waals surface area contributed by atoms with E-state index in [2.05, 4.69) is 0 Å². The maximum Gasteiger partial charge on any atom is 0.308 e. The zero-order valence-corrected chi connectivity index (χ0v) is 12.2. The molecule has 0 aromatic heterocycles. The van der Waals surface area contributed by atoms with Gasteiger partial charge in [0, 0.05) is 18.2 Å². The molecule has 1 unspecified atom stereocenters. The highest BCUT2D eigenvalue weighted by Gasteiger charge is 2.35. The van der Waals surface area contributed by atoms with Crippen molar-refractivity contribution in [3.05, 3.63) is 34.9 Å². The quantitative estimate of drug-likeness (QED) is 0.898. The van der Waals surface area contributed by atoms with Gasteiger partial charge in [-0.15, -0.1) is 0 Å². The minimum Gasteiger partial charge on any atom is -0.481 e. The minimum absolute atomic E-state index is 0.0400. The van der Waals surface area contributed by atoms with Crippen LogP contribution in [-0.4, -0.2) is 34.5 Å². The Morgan fingerprint density at radius 2 is 2.00 bits per heavy atom. The molecule has 1 aromatic rings. The molecule has 20 heavy (non-hydrogen) atoms. The Morgan fingerprint density at radius 3 is 2.55 bits per heavy atom. The smallest absolute Gasteiger partial charge is 0.308 e. The number of carboxylic acids is 1. The molecule has 0 radical (unpaired) electrons. The number of carbonyl (C=O) groups excluding carboxylic acids is 1. The average Bonchev–Trinajstić information content (AvgIpc) is 3.22. The van der Waals surface area contributed by atoms with Crippen molar-refractivity contribution < 1.29 is 14.7 Å². The lowest BCUT2D eigenvalue weighted by atomic mass is 10.0. The summed E-state index contributed by atoms with van der Waals surface area (Å²) in [5.41, 5.74) is 2.67. The molecule has 0 spiro atoms. The molecule has 4 nitrogen and oxygen atoms in total. The number of hydrogen-bond donors (Lipinski definition) is 1. The molecule has 0 heterocycles. The van der Waals surface area contributed by atoms with Crippen molar-refractivity contribution in [3.63, 3.8) is 0 Å². The molecule has 1 aliphatic rings. The van der Waals surface area contributed by atoms with E-state index in [1.165, 1.54) is 0 Å². The average molecular weight is 275 g/mol. The predicted octanol–water partition coefficient (Wildman–Crippen LogP) is 2.63. The topological polar surface area (TPSA) is 57.6 Å². The number of benzene rings is 1. The van der Waals surface area contributed by atoms with E-state index in [1.54, 1.807) is 11.8 Å². The highest BCUT2D eigenvalue weighted by molar-refractivity contribution is 5.96. The Hall–Kier alpha value is -1.84. The lowest BCUT2D eigenvalue weighted by Gasteiger charge is -2.25. The van der Waals surface area contributed by atoms with Gasteiger partial charge in [0.2, 0.25) is 0 Å². The molecular formula is C16H21NO3. The minimum atomic E-state index is -0.857. The molecule has 1 saturated carbocycles. The molecule has 0 bridgehead atoms. The van der Waals surface area contributed by atoms with Gasteiger partial charge < -0.3 is 10.0 Å². The number of hydrogen-bond acceptors (Lipinski definition) is 2. The van der Waals surface area contributed by atoms with Crippen LogP contribution in [-0.2, 0) is 4.79 Å². The predicted molar refractivity (Wildman–Crippen MR) is 76.8 cm³/mol. The summed E-state index contributed by atoms with van der Waals surface area (Å²) in [6.07, 6.45) is 1.95. The van der Waals surface area contributed by atoms with Crippen molar-refractivity contribution in [2.75, 3.05) is 6.54 Å². The fraction of sp³-hybridized carbons (Fsp3) is 0.500. The molecule has 2 rings (SSSR count). The van der Waals surface area contributed by atoms with Crippen LogP contribution < -0.4 is 0 Å².